The van der Waals surface area contributed by atoms with Crippen molar-refractivity contribution >= 4 is 0 Å². The van der Waals surface area contributed by atoms with Crippen molar-refractivity contribution in [1.82, 2.24) is 5.32 Å². The Morgan fingerprint density at radius 1 is 1.33 bits per heavy atom. The third kappa shape index (κ3) is 4.72. The first kappa shape index (κ1) is 16.3. The molecule has 1 aliphatic heterocycles. The molecule has 1 heterocycles. The van der Waals surface area contributed by atoms with Gasteiger partial charge in [-0.05, 0) is 49.8 Å². The molecule has 21 heavy (non-hydrogen) atoms. The second kappa shape index (κ2) is 7.81. The lowest BCUT2D eigenvalue weighted by atomic mass is 10.0. The lowest BCUT2D eigenvalue weighted by Gasteiger charge is -2.20. The summed E-state index contributed by atoms with van der Waals surface area (Å²) in [6.45, 7) is 11.2. The summed E-state index contributed by atoms with van der Waals surface area (Å²) in [5.41, 5.74) is 2.53. The maximum absolute atomic E-state index is 5.94. The van der Waals surface area contributed by atoms with Gasteiger partial charge >= 0.3 is 0 Å². The number of benzene rings is 1. The van der Waals surface area contributed by atoms with Crippen LogP contribution in [0.2, 0.25) is 0 Å². The van der Waals surface area contributed by atoms with E-state index in [1.165, 1.54) is 24.0 Å². The summed E-state index contributed by atoms with van der Waals surface area (Å²) in [7, 11) is 0. The van der Waals surface area contributed by atoms with Gasteiger partial charge in [-0.3, -0.25) is 0 Å². The number of ether oxygens (including phenoxy) is 2. The molecule has 1 aromatic carbocycles. The predicted octanol–water partition coefficient (Wildman–Crippen LogP) is 3.65. The summed E-state index contributed by atoms with van der Waals surface area (Å²) in [5, 5.41) is 3.50. The third-order valence-electron chi connectivity index (χ3n) is 4.23. The van der Waals surface area contributed by atoms with Gasteiger partial charge in [0.25, 0.3) is 0 Å². The fourth-order valence-electron chi connectivity index (χ4n) is 2.71. The summed E-state index contributed by atoms with van der Waals surface area (Å²) >= 11 is 0. The number of nitrogens with one attached hydrogen (secondary N) is 1. The van der Waals surface area contributed by atoms with Gasteiger partial charge < -0.3 is 14.8 Å². The Morgan fingerprint density at radius 3 is 2.81 bits per heavy atom. The van der Waals surface area contributed by atoms with Crippen molar-refractivity contribution < 1.29 is 9.47 Å². The zero-order chi connectivity index (χ0) is 15.2. The van der Waals surface area contributed by atoms with Crippen LogP contribution in [0.15, 0.2) is 18.2 Å². The third-order valence-corrected chi connectivity index (χ3v) is 4.23. The molecule has 0 amide bonds. The quantitative estimate of drug-likeness (QED) is 0.778. The van der Waals surface area contributed by atoms with E-state index in [9.17, 15) is 0 Å². The largest absolute Gasteiger partial charge is 0.492 e. The monoisotopic (exact) mass is 291 g/mol. The molecular weight excluding hydrogens is 262 g/mol. The molecule has 0 saturated carbocycles. The minimum Gasteiger partial charge on any atom is -0.492 e. The highest BCUT2D eigenvalue weighted by molar-refractivity contribution is 5.37. The van der Waals surface area contributed by atoms with Gasteiger partial charge in [0, 0.05) is 19.2 Å². The molecule has 2 atom stereocenters. The number of hydrogen-bond donors (Lipinski definition) is 1. The zero-order valence-corrected chi connectivity index (χ0v) is 13.8. The Hall–Kier alpha value is -1.06. The van der Waals surface area contributed by atoms with Crippen LogP contribution in [0, 0.1) is 6.92 Å². The van der Waals surface area contributed by atoms with E-state index >= 15 is 0 Å². The first-order valence-corrected chi connectivity index (χ1v) is 8.16. The second-order valence-electron chi connectivity index (χ2n) is 6.32. The second-order valence-corrected chi connectivity index (χ2v) is 6.32. The predicted molar refractivity (Wildman–Crippen MR) is 87.2 cm³/mol. The van der Waals surface area contributed by atoms with Crippen LogP contribution in [0.4, 0.5) is 0 Å². The van der Waals surface area contributed by atoms with Gasteiger partial charge in [-0.25, -0.2) is 0 Å². The van der Waals surface area contributed by atoms with Crippen molar-refractivity contribution in [3.8, 4) is 5.75 Å². The number of aryl methyl sites for hydroxylation is 1. The first-order chi connectivity index (χ1) is 10.1. The average molecular weight is 291 g/mol. The van der Waals surface area contributed by atoms with Gasteiger partial charge in [0.15, 0.2) is 0 Å². The highest BCUT2D eigenvalue weighted by Gasteiger charge is 2.21. The molecule has 1 aromatic rings. The lowest BCUT2D eigenvalue weighted by Crippen LogP contribution is -2.39. The van der Waals surface area contributed by atoms with Crippen molar-refractivity contribution in [2.24, 2.45) is 0 Å². The Balaban J connectivity index is 1.76. The summed E-state index contributed by atoms with van der Waals surface area (Å²) in [4.78, 5) is 0. The molecular formula is C18H29NO2. The fraction of sp³-hybridized carbons (Fsp3) is 0.667. The maximum atomic E-state index is 5.94. The SMILES string of the molecule is Cc1ccc(C(C)C)cc1OCCNC(C)C1CCCO1. The smallest absolute Gasteiger partial charge is 0.122 e. The molecule has 0 spiro atoms. The van der Waals surface area contributed by atoms with E-state index in [0.717, 1.165) is 18.9 Å². The molecule has 2 unspecified atom stereocenters. The van der Waals surface area contributed by atoms with Crippen LogP contribution in [-0.2, 0) is 4.74 Å². The van der Waals surface area contributed by atoms with Crippen molar-refractivity contribution in [3.63, 3.8) is 0 Å². The van der Waals surface area contributed by atoms with Gasteiger partial charge in [-0.15, -0.1) is 0 Å². The van der Waals surface area contributed by atoms with Gasteiger partial charge in [0.2, 0.25) is 0 Å². The van der Waals surface area contributed by atoms with E-state index < -0.39 is 0 Å². The molecule has 0 radical (unpaired) electrons. The van der Waals surface area contributed by atoms with E-state index in [-0.39, 0.29) is 0 Å². The minimum atomic E-state index is 0.371. The molecule has 1 saturated heterocycles. The number of hydrogen-bond acceptors (Lipinski definition) is 3. The summed E-state index contributed by atoms with van der Waals surface area (Å²) in [5.74, 6) is 1.54. The van der Waals surface area contributed by atoms with Crippen molar-refractivity contribution in [1.29, 1.82) is 0 Å². The van der Waals surface area contributed by atoms with Crippen LogP contribution in [0.3, 0.4) is 0 Å². The van der Waals surface area contributed by atoms with E-state index in [0.29, 0.717) is 24.7 Å². The van der Waals surface area contributed by atoms with Crippen LogP contribution < -0.4 is 10.1 Å². The topological polar surface area (TPSA) is 30.5 Å². The molecule has 0 aromatic heterocycles. The molecule has 3 nitrogen and oxygen atoms in total. The van der Waals surface area contributed by atoms with E-state index in [4.69, 9.17) is 9.47 Å². The van der Waals surface area contributed by atoms with Crippen LogP contribution in [0.25, 0.3) is 0 Å². The van der Waals surface area contributed by atoms with Gasteiger partial charge in [0.05, 0.1) is 6.10 Å². The average Bonchev–Trinajstić information content (AvgIpc) is 2.99. The Morgan fingerprint density at radius 2 is 2.14 bits per heavy atom. The molecule has 0 bridgehead atoms. The van der Waals surface area contributed by atoms with Crippen molar-refractivity contribution in [2.45, 2.75) is 58.6 Å². The Bertz CT molecular complexity index is 439. The molecule has 1 fully saturated rings. The molecule has 2 rings (SSSR count). The number of rotatable bonds is 7. The highest BCUT2D eigenvalue weighted by atomic mass is 16.5. The maximum Gasteiger partial charge on any atom is 0.122 e. The molecule has 1 N–H and O–H groups in total. The van der Waals surface area contributed by atoms with E-state index in [1.807, 2.05) is 0 Å². The normalized spacial score (nSPS) is 20.0. The van der Waals surface area contributed by atoms with Gasteiger partial charge in [-0.1, -0.05) is 26.0 Å². The summed E-state index contributed by atoms with van der Waals surface area (Å²) in [6.07, 6.45) is 2.73. The van der Waals surface area contributed by atoms with E-state index in [2.05, 4.69) is 51.2 Å². The molecule has 0 aliphatic carbocycles. The van der Waals surface area contributed by atoms with Crippen LogP contribution in [0.5, 0.6) is 5.75 Å². The van der Waals surface area contributed by atoms with Crippen LogP contribution >= 0.6 is 0 Å². The van der Waals surface area contributed by atoms with Crippen LogP contribution in [0.1, 0.15) is 50.7 Å². The van der Waals surface area contributed by atoms with Crippen molar-refractivity contribution in [2.75, 3.05) is 19.8 Å². The Kier molecular flexibility index (Phi) is 6.07. The first-order valence-electron chi connectivity index (χ1n) is 8.16. The standard InChI is InChI=1S/C18H29NO2/c1-13(2)16-8-7-14(3)18(12-16)21-11-9-19-15(4)17-6-5-10-20-17/h7-8,12-13,15,17,19H,5-6,9-11H2,1-4H3. The van der Waals surface area contributed by atoms with Gasteiger partial charge in [-0.2, -0.15) is 0 Å². The summed E-state index contributed by atoms with van der Waals surface area (Å²) in [6, 6.07) is 6.90. The van der Waals surface area contributed by atoms with E-state index in [1.54, 1.807) is 0 Å². The molecule has 1 aliphatic rings. The summed E-state index contributed by atoms with van der Waals surface area (Å²) < 4.78 is 11.6. The lowest BCUT2D eigenvalue weighted by molar-refractivity contribution is 0.0824. The molecule has 3 heteroatoms. The minimum absolute atomic E-state index is 0.371. The molecule has 118 valence electrons. The fourth-order valence-corrected chi connectivity index (χ4v) is 2.71. The highest BCUT2D eigenvalue weighted by Crippen LogP contribution is 2.24. The van der Waals surface area contributed by atoms with Gasteiger partial charge in [0.1, 0.15) is 12.4 Å². The zero-order valence-electron chi connectivity index (χ0n) is 13.8. The van der Waals surface area contributed by atoms with Crippen LogP contribution in [-0.4, -0.2) is 31.9 Å². The Labute approximate surface area is 129 Å². The van der Waals surface area contributed by atoms with Crippen molar-refractivity contribution in [3.05, 3.63) is 29.3 Å².